The number of benzene rings is 1. The van der Waals surface area contributed by atoms with Crippen LogP contribution >= 0.6 is 11.3 Å². The van der Waals surface area contributed by atoms with Gasteiger partial charge in [-0.05, 0) is 48.1 Å². The summed E-state index contributed by atoms with van der Waals surface area (Å²) in [7, 11) is 0. The van der Waals surface area contributed by atoms with Gasteiger partial charge in [-0.15, -0.1) is 11.3 Å². The lowest BCUT2D eigenvalue weighted by molar-refractivity contribution is 0.617. The molecule has 2 aromatic rings. The van der Waals surface area contributed by atoms with Crippen LogP contribution in [0.3, 0.4) is 0 Å². The van der Waals surface area contributed by atoms with E-state index in [0.29, 0.717) is 5.56 Å². The number of halogens is 1. The Balaban J connectivity index is 2.38. The molecule has 16 heavy (non-hydrogen) atoms. The van der Waals surface area contributed by atoms with Gasteiger partial charge in [-0.2, -0.15) is 0 Å². The molecule has 0 aliphatic carbocycles. The number of nitrogens with two attached hydrogens (primary N) is 1. The van der Waals surface area contributed by atoms with Gasteiger partial charge in [-0.25, -0.2) is 4.39 Å². The van der Waals surface area contributed by atoms with E-state index in [0.717, 1.165) is 11.1 Å². The monoisotopic (exact) mass is 235 g/mol. The Morgan fingerprint density at radius 1 is 1.25 bits per heavy atom. The van der Waals surface area contributed by atoms with Crippen LogP contribution in [0.25, 0.3) is 0 Å². The first-order valence-corrected chi connectivity index (χ1v) is 6.03. The second-order valence-electron chi connectivity index (χ2n) is 3.92. The molecule has 84 valence electrons. The highest BCUT2D eigenvalue weighted by atomic mass is 32.1. The van der Waals surface area contributed by atoms with E-state index in [9.17, 15) is 4.39 Å². The van der Waals surface area contributed by atoms with Crippen LogP contribution < -0.4 is 5.73 Å². The summed E-state index contributed by atoms with van der Waals surface area (Å²) in [6.45, 7) is 3.81. The molecule has 1 atom stereocenters. The normalized spacial score (nSPS) is 12.8. The standard InChI is InChI=1S/C13H14FNS/c1-8-7-10(3-4-12(8)14)13(15)11-5-6-16-9(11)2/h3-7,13H,15H2,1-2H3. The van der Waals surface area contributed by atoms with E-state index in [1.165, 1.54) is 10.9 Å². The molecule has 1 nitrogen and oxygen atoms in total. The number of rotatable bonds is 2. The summed E-state index contributed by atoms with van der Waals surface area (Å²) in [6.07, 6.45) is 0. The molecule has 0 radical (unpaired) electrons. The van der Waals surface area contributed by atoms with Crippen molar-refractivity contribution in [2.24, 2.45) is 5.73 Å². The zero-order valence-corrected chi connectivity index (χ0v) is 10.1. The SMILES string of the molecule is Cc1cc(C(N)c2ccsc2C)ccc1F. The van der Waals surface area contributed by atoms with Crippen molar-refractivity contribution >= 4 is 11.3 Å². The van der Waals surface area contributed by atoms with E-state index in [-0.39, 0.29) is 11.9 Å². The predicted molar refractivity (Wildman–Crippen MR) is 66.2 cm³/mol. The van der Waals surface area contributed by atoms with Gasteiger partial charge >= 0.3 is 0 Å². The Morgan fingerprint density at radius 2 is 2.00 bits per heavy atom. The van der Waals surface area contributed by atoms with Crippen LogP contribution in [-0.4, -0.2) is 0 Å². The van der Waals surface area contributed by atoms with Gasteiger partial charge in [0.2, 0.25) is 0 Å². The van der Waals surface area contributed by atoms with Crippen molar-refractivity contribution in [3.05, 3.63) is 57.0 Å². The quantitative estimate of drug-likeness (QED) is 0.846. The predicted octanol–water partition coefficient (Wildman–Crippen LogP) is 3.55. The molecule has 0 bridgehead atoms. The van der Waals surface area contributed by atoms with Gasteiger partial charge in [0.05, 0.1) is 6.04 Å². The summed E-state index contributed by atoms with van der Waals surface area (Å²) < 4.78 is 13.1. The summed E-state index contributed by atoms with van der Waals surface area (Å²) in [5.74, 6) is -0.182. The molecule has 0 saturated heterocycles. The van der Waals surface area contributed by atoms with Crippen LogP contribution in [0.5, 0.6) is 0 Å². The van der Waals surface area contributed by atoms with Gasteiger partial charge in [-0.1, -0.05) is 12.1 Å². The van der Waals surface area contributed by atoms with E-state index in [1.807, 2.05) is 17.5 Å². The molecular weight excluding hydrogens is 221 g/mol. The zero-order valence-electron chi connectivity index (χ0n) is 9.33. The molecule has 0 aliphatic rings. The molecule has 1 unspecified atom stereocenters. The number of hydrogen-bond donors (Lipinski definition) is 1. The fourth-order valence-corrected chi connectivity index (χ4v) is 2.51. The Kier molecular flexibility index (Phi) is 3.08. The molecule has 0 amide bonds. The highest BCUT2D eigenvalue weighted by Crippen LogP contribution is 2.27. The summed E-state index contributed by atoms with van der Waals surface area (Å²) >= 11 is 1.68. The third-order valence-electron chi connectivity index (χ3n) is 2.78. The first kappa shape index (κ1) is 11.3. The Labute approximate surface area is 98.7 Å². The smallest absolute Gasteiger partial charge is 0.126 e. The summed E-state index contributed by atoms with van der Waals surface area (Å²) in [5, 5.41) is 2.03. The van der Waals surface area contributed by atoms with E-state index in [4.69, 9.17) is 5.73 Å². The Morgan fingerprint density at radius 3 is 2.56 bits per heavy atom. The van der Waals surface area contributed by atoms with Crippen molar-refractivity contribution in [1.29, 1.82) is 0 Å². The van der Waals surface area contributed by atoms with Crippen LogP contribution in [0.1, 0.15) is 27.6 Å². The van der Waals surface area contributed by atoms with Crippen LogP contribution in [0.2, 0.25) is 0 Å². The van der Waals surface area contributed by atoms with Crippen LogP contribution in [0, 0.1) is 19.7 Å². The van der Waals surface area contributed by atoms with Crippen molar-refractivity contribution in [2.75, 3.05) is 0 Å². The maximum Gasteiger partial charge on any atom is 0.126 e. The lowest BCUT2D eigenvalue weighted by Crippen LogP contribution is -2.12. The molecule has 1 aromatic heterocycles. The summed E-state index contributed by atoms with van der Waals surface area (Å²) in [4.78, 5) is 1.22. The average Bonchev–Trinajstić information content (AvgIpc) is 2.67. The molecule has 3 heteroatoms. The largest absolute Gasteiger partial charge is 0.320 e. The van der Waals surface area contributed by atoms with Gasteiger partial charge in [0.25, 0.3) is 0 Å². The fourth-order valence-electron chi connectivity index (χ4n) is 1.76. The number of thiophene rings is 1. The molecule has 2 N–H and O–H groups in total. The van der Waals surface area contributed by atoms with Crippen molar-refractivity contribution in [1.82, 2.24) is 0 Å². The van der Waals surface area contributed by atoms with E-state index in [2.05, 4.69) is 6.92 Å². The zero-order chi connectivity index (χ0) is 11.7. The molecule has 1 aromatic carbocycles. The third kappa shape index (κ3) is 2.01. The lowest BCUT2D eigenvalue weighted by Gasteiger charge is -2.13. The highest BCUT2D eigenvalue weighted by molar-refractivity contribution is 7.10. The topological polar surface area (TPSA) is 26.0 Å². The van der Waals surface area contributed by atoms with Crippen molar-refractivity contribution < 1.29 is 4.39 Å². The number of hydrogen-bond acceptors (Lipinski definition) is 2. The van der Waals surface area contributed by atoms with Crippen molar-refractivity contribution in [3.8, 4) is 0 Å². The first-order valence-electron chi connectivity index (χ1n) is 5.15. The molecule has 1 heterocycles. The van der Waals surface area contributed by atoms with Gasteiger partial charge in [0.1, 0.15) is 5.82 Å². The van der Waals surface area contributed by atoms with E-state index in [1.54, 1.807) is 24.3 Å². The van der Waals surface area contributed by atoms with Gasteiger partial charge in [0, 0.05) is 4.88 Å². The average molecular weight is 235 g/mol. The van der Waals surface area contributed by atoms with Crippen molar-refractivity contribution in [3.63, 3.8) is 0 Å². The minimum absolute atomic E-state index is 0.162. The summed E-state index contributed by atoms with van der Waals surface area (Å²) in [5.41, 5.74) is 8.88. The molecule has 0 saturated carbocycles. The van der Waals surface area contributed by atoms with E-state index >= 15 is 0 Å². The Hall–Kier alpha value is -1.19. The lowest BCUT2D eigenvalue weighted by atomic mass is 9.99. The molecular formula is C13H14FNS. The minimum Gasteiger partial charge on any atom is -0.320 e. The van der Waals surface area contributed by atoms with Crippen LogP contribution in [0.15, 0.2) is 29.6 Å². The maximum atomic E-state index is 13.1. The number of aryl methyl sites for hydroxylation is 2. The second-order valence-corrected chi connectivity index (χ2v) is 5.04. The summed E-state index contributed by atoms with van der Waals surface area (Å²) in [6, 6.07) is 6.92. The van der Waals surface area contributed by atoms with Gasteiger partial charge in [0.15, 0.2) is 0 Å². The van der Waals surface area contributed by atoms with Gasteiger partial charge in [-0.3, -0.25) is 0 Å². The van der Waals surface area contributed by atoms with Crippen LogP contribution in [-0.2, 0) is 0 Å². The maximum absolute atomic E-state index is 13.1. The molecule has 0 fully saturated rings. The van der Waals surface area contributed by atoms with Crippen LogP contribution in [0.4, 0.5) is 4.39 Å². The van der Waals surface area contributed by atoms with E-state index < -0.39 is 0 Å². The van der Waals surface area contributed by atoms with Gasteiger partial charge < -0.3 is 5.73 Å². The third-order valence-corrected chi connectivity index (χ3v) is 3.64. The fraction of sp³-hybridized carbons (Fsp3) is 0.231. The minimum atomic E-state index is -0.182. The van der Waals surface area contributed by atoms with Crippen molar-refractivity contribution in [2.45, 2.75) is 19.9 Å². The molecule has 0 aliphatic heterocycles. The highest BCUT2D eigenvalue weighted by Gasteiger charge is 2.13. The molecule has 2 rings (SSSR count). The molecule has 0 spiro atoms. The Bertz CT molecular complexity index is 504. The second kappa shape index (κ2) is 4.36. The first-order chi connectivity index (χ1) is 7.59.